The van der Waals surface area contributed by atoms with E-state index in [0.717, 1.165) is 11.8 Å². The van der Waals surface area contributed by atoms with Crippen molar-refractivity contribution >= 4 is 19.4 Å². The van der Waals surface area contributed by atoms with Crippen molar-refractivity contribution in [2.45, 2.75) is 11.1 Å². The Balaban J connectivity index is 2.55. The fourth-order valence-corrected chi connectivity index (χ4v) is 2.89. The van der Waals surface area contributed by atoms with Gasteiger partial charge in [-0.25, -0.2) is 0 Å². The van der Waals surface area contributed by atoms with Gasteiger partial charge >= 0.3 is 7.60 Å². The van der Waals surface area contributed by atoms with Gasteiger partial charge in [0.25, 0.3) is 0 Å². The summed E-state index contributed by atoms with van der Waals surface area (Å²) < 4.78 is 15.4. The molecular formula is C4H9O4PS. The molecule has 1 saturated heterocycles. The van der Waals surface area contributed by atoms with Gasteiger partial charge in [-0.1, -0.05) is 0 Å². The molecule has 1 aliphatic rings. The molecular weight excluding hydrogens is 175 g/mol. The first kappa shape index (κ1) is 8.56. The Morgan fingerprint density at radius 2 is 2.30 bits per heavy atom. The summed E-state index contributed by atoms with van der Waals surface area (Å²) in [5.41, 5.74) is 0. The fraction of sp³-hybridized carbons (Fsp3) is 1.00. The predicted octanol–water partition coefficient (Wildman–Crippen LogP) is 0.252. The number of epoxide rings is 1. The Hall–Kier alpha value is 0.460. The third-order valence-electron chi connectivity index (χ3n) is 1.25. The minimum absolute atomic E-state index is 0.226. The van der Waals surface area contributed by atoms with Crippen molar-refractivity contribution in [2.75, 3.05) is 12.9 Å². The summed E-state index contributed by atoms with van der Waals surface area (Å²) in [5, 5.41) is 0. The van der Waals surface area contributed by atoms with E-state index in [2.05, 4.69) is 0 Å². The molecule has 60 valence electrons. The third kappa shape index (κ3) is 1.97. The van der Waals surface area contributed by atoms with E-state index >= 15 is 0 Å². The molecule has 0 saturated carbocycles. The van der Waals surface area contributed by atoms with Crippen LogP contribution >= 0.6 is 19.4 Å². The molecule has 2 unspecified atom stereocenters. The lowest BCUT2D eigenvalue weighted by atomic mass is 10.6. The van der Waals surface area contributed by atoms with E-state index in [4.69, 9.17) is 14.5 Å². The predicted molar refractivity (Wildman–Crippen MR) is 39.1 cm³/mol. The van der Waals surface area contributed by atoms with Crippen molar-refractivity contribution in [2.24, 2.45) is 0 Å². The lowest BCUT2D eigenvalue weighted by Crippen LogP contribution is -2.10. The smallest absolute Gasteiger partial charge is 0.341 e. The van der Waals surface area contributed by atoms with Gasteiger partial charge in [-0.15, -0.1) is 11.8 Å². The van der Waals surface area contributed by atoms with Crippen LogP contribution in [0.4, 0.5) is 0 Å². The van der Waals surface area contributed by atoms with E-state index in [1.807, 2.05) is 0 Å². The molecule has 0 amide bonds. The molecule has 1 aliphatic heterocycles. The van der Waals surface area contributed by atoms with E-state index in [0.29, 0.717) is 6.61 Å². The van der Waals surface area contributed by atoms with Crippen molar-refractivity contribution in [3.63, 3.8) is 0 Å². The monoisotopic (exact) mass is 184 g/mol. The molecule has 0 aromatic carbocycles. The maximum atomic E-state index is 10.6. The Morgan fingerprint density at radius 3 is 2.40 bits per heavy atom. The van der Waals surface area contributed by atoms with E-state index in [-0.39, 0.29) is 6.10 Å². The van der Waals surface area contributed by atoms with Gasteiger partial charge in [0.05, 0.1) is 6.61 Å². The number of hydrogen-bond donors (Lipinski definition) is 2. The zero-order valence-electron chi connectivity index (χ0n) is 5.43. The Kier molecular flexibility index (Phi) is 2.42. The first-order chi connectivity index (χ1) is 4.55. The van der Waals surface area contributed by atoms with Gasteiger partial charge in [-0.05, 0) is 6.26 Å². The maximum absolute atomic E-state index is 10.6. The summed E-state index contributed by atoms with van der Waals surface area (Å²) in [4.78, 5) is 16.7. The van der Waals surface area contributed by atoms with Crippen LogP contribution in [-0.2, 0) is 9.30 Å². The number of ether oxygens (including phenoxy) is 1. The topological polar surface area (TPSA) is 70.1 Å². The van der Waals surface area contributed by atoms with Crippen LogP contribution < -0.4 is 0 Å². The zero-order chi connectivity index (χ0) is 7.78. The molecule has 1 rings (SSSR count). The van der Waals surface area contributed by atoms with E-state index in [1.54, 1.807) is 6.26 Å². The van der Waals surface area contributed by atoms with Crippen molar-refractivity contribution in [3.8, 4) is 0 Å². The molecule has 2 N–H and O–H groups in total. The summed E-state index contributed by atoms with van der Waals surface area (Å²) >= 11 is 1.16. The highest BCUT2D eigenvalue weighted by Gasteiger charge is 2.43. The lowest BCUT2D eigenvalue weighted by Gasteiger charge is -2.12. The highest BCUT2D eigenvalue weighted by molar-refractivity contribution is 8.04. The molecule has 2 atom stereocenters. The maximum Gasteiger partial charge on any atom is 0.341 e. The van der Waals surface area contributed by atoms with Crippen LogP contribution in [0, 0.1) is 0 Å². The first-order valence-electron chi connectivity index (χ1n) is 2.75. The average Bonchev–Trinajstić information content (AvgIpc) is 2.46. The molecule has 4 nitrogen and oxygen atoms in total. The van der Waals surface area contributed by atoms with Crippen LogP contribution in [0.1, 0.15) is 0 Å². The molecule has 0 spiro atoms. The highest BCUT2D eigenvalue weighted by atomic mass is 32.2. The van der Waals surface area contributed by atoms with Crippen molar-refractivity contribution in [1.82, 2.24) is 0 Å². The largest absolute Gasteiger partial charge is 0.371 e. The van der Waals surface area contributed by atoms with Crippen LogP contribution in [0.3, 0.4) is 0 Å². The van der Waals surface area contributed by atoms with Gasteiger partial charge < -0.3 is 14.5 Å². The summed E-state index contributed by atoms with van der Waals surface area (Å²) in [6.45, 7) is 0.483. The molecule has 1 fully saturated rings. The molecule has 0 aliphatic carbocycles. The van der Waals surface area contributed by atoms with Gasteiger partial charge in [0, 0.05) is 0 Å². The lowest BCUT2D eigenvalue weighted by molar-refractivity contribution is 0.351. The Bertz CT molecular complexity index is 163. The van der Waals surface area contributed by atoms with Crippen LogP contribution in [0.25, 0.3) is 0 Å². The van der Waals surface area contributed by atoms with Crippen LogP contribution in [0.5, 0.6) is 0 Å². The van der Waals surface area contributed by atoms with E-state index in [9.17, 15) is 4.57 Å². The normalized spacial score (nSPS) is 28.1. The minimum atomic E-state index is -3.93. The summed E-state index contributed by atoms with van der Waals surface area (Å²) in [5.74, 6) is 0. The molecule has 1 heterocycles. The van der Waals surface area contributed by atoms with Crippen LogP contribution in [0.2, 0.25) is 0 Å². The van der Waals surface area contributed by atoms with Crippen molar-refractivity contribution < 1.29 is 19.1 Å². The molecule has 0 aromatic heterocycles. The van der Waals surface area contributed by atoms with Gasteiger partial charge in [0.1, 0.15) is 11.1 Å². The minimum Gasteiger partial charge on any atom is -0.371 e. The third-order valence-corrected chi connectivity index (χ3v) is 4.49. The summed E-state index contributed by atoms with van der Waals surface area (Å²) in [7, 11) is -3.93. The van der Waals surface area contributed by atoms with Crippen molar-refractivity contribution in [3.05, 3.63) is 0 Å². The SMILES string of the molecule is CSC(C1CO1)P(=O)(O)O. The number of hydrogen-bond acceptors (Lipinski definition) is 3. The second kappa shape index (κ2) is 2.83. The van der Waals surface area contributed by atoms with Gasteiger partial charge in [-0.2, -0.15) is 0 Å². The first-order valence-corrected chi connectivity index (χ1v) is 5.72. The van der Waals surface area contributed by atoms with Gasteiger partial charge in [0.2, 0.25) is 0 Å². The van der Waals surface area contributed by atoms with Crippen LogP contribution in [0.15, 0.2) is 0 Å². The van der Waals surface area contributed by atoms with E-state index in [1.165, 1.54) is 0 Å². The summed E-state index contributed by atoms with van der Waals surface area (Å²) in [6, 6.07) is 0. The van der Waals surface area contributed by atoms with Gasteiger partial charge in [-0.3, -0.25) is 4.57 Å². The molecule has 10 heavy (non-hydrogen) atoms. The number of thioether (sulfide) groups is 1. The summed E-state index contributed by atoms with van der Waals surface area (Å²) in [6.07, 6.45) is 1.45. The number of rotatable bonds is 3. The second-order valence-corrected chi connectivity index (χ2v) is 5.15. The second-order valence-electron chi connectivity index (χ2n) is 2.09. The standard InChI is InChI=1S/C4H9O4PS/c1-10-4(3-2-8-3)9(5,6)7/h3-4H,2H2,1H3,(H2,5,6,7). The fourth-order valence-electron chi connectivity index (χ4n) is 0.726. The molecule has 6 heteroatoms. The highest BCUT2D eigenvalue weighted by Crippen LogP contribution is 2.51. The average molecular weight is 184 g/mol. The van der Waals surface area contributed by atoms with Crippen molar-refractivity contribution in [1.29, 1.82) is 0 Å². The zero-order valence-corrected chi connectivity index (χ0v) is 7.14. The van der Waals surface area contributed by atoms with Gasteiger partial charge in [0.15, 0.2) is 0 Å². The molecule has 0 bridgehead atoms. The molecule has 0 aromatic rings. The van der Waals surface area contributed by atoms with Crippen LogP contribution in [-0.4, -0.2) is 33.7 Å². The van der Waals surface area contributed by atoms with E-state index < -0.39 is 12.6 Å². The quantitative estimate of drug-likeness (QED) is 0.486. The Morgan fingerprint density at radius 1 is 1.80 bits per heavy atom. The Labute approximate surface area is 63.1 Å². The molecule has 0 radical (unpaired) electrons.